The topological polar surface area (TPSA) is 49.8 Å². The summed E-state index contributed by atoms with van der Waals surface area (Å²) in [6.07, 6.45) is -1.88. The van der Waals surface area contributed by atoms with Crippen molar-refractivity contribution in [1.29, 1.82) is 0 Å². The maximum atomic E-state index is 13.1. The van der Waals surface area contributed by atoms with E-state index in [4.69, 9.17) is 0 Å². The van der Waals surface area contributed by atoms with E-state index in [0.29, 0.717) is 0 Å². The molecule has 1 saturated carbocycles. The summed E-state index contributed by atoms with van der Waals surface area (Å²) in [5.74, 6) is 0.158. The lowest BCUT2D eigenvalue weighted by molar-refractivity contribution is -0.141. The van der Waals surface area contributed by atoms with Gasteiger partial charge in [-0.15, -0.1) is 0 Å². The van der Waals surface area contributed by atoms with E-state index in [9.17, 15) is 13.2 Å². The Hall–Kier alpha value is -2.31. The highest BCUT2D eigenvalue weighted by Crippen LogP contribution is 2.32. The minimum absolute atomic E-state index is 0.0152. The zero-order valence-corrected chi connectivity index (χ0v) is 13.5. The fraction of sp³-hybridized carbons (Fsp3) is 0.412. The summed E-state index contributed by atoms with van der Waals surface area (Å²) < 4.78 is 39.4. The average Bonchev–Trinajstić information content (AvgIpc) is 3.32. The Morgan fingerprint density at radius 2 is 1.96 bits per heavy atom. The Kier molecular flexibility index (Phi) is 4.34. The number of rotatable bonds is 5. The molecule has 1 aromatic heterocycles. The minimum Gasteiger partial charge on any atom is -0.351 e. The summed E-state index contributed by atoms with van der Waals surface area (Å²) in [7, 11) is 0. The van der Waals surface area contributed by atoms with Crippen LogP contribution in [0.1, 0.15) is 36.6 Å². The second-order valence-electron chi connectivity index (χ2n) is 5.97. The quantitative estimate of drug-likeness (QED) is 0.832. The molecule has 1 aliphatic carbocycles. The van der Waals surface area contributed by atoms with Crippen LogP contribution in [0, 0.1) is 6.92 Å². The fourth-order valence-corrected chi connectivity index (χ4v) is 2.46. The number of halogens is 3. The Morgan fingerprint density at radius 3 is 2.58 bits per heavy atom. The van der Waals surface area contributed by atoms with E-state index in [-0.39, 0.29) is 17.8 Å². The van der Waals surface area contributed by atoms with Crippen LogP contribution in [0.15, 0.2) is 24.3 Å². The van der Waals surface area contributed by atoms with E-state index in [2.05, 4.69) is 20.6 Å². The van der Waals surface area contributed by atoms with Gasteiger partial charge in [0, 0.05) is 17.8 Å². The summed E-state index contributed by atoms with van der Waals surface area (Å²) in [5.41, 5.74) is 1.83. The van der Waals surface area contributed by atoms with Crippen LogP contribution in [0.3, 0.4) is 0 Å². The lowest BCUT2D eigenvalue weighted by Gasteiger charge is -2.16. The van der Waals surface area contributed by atoms with Crippen LogP contribution < -0.4 is 10.6 Å². The molecule has 0 aliphatic heterocycles. The van der Waals surface area contributed by atoms with E-state index in [0.717, 1.165) is 42.1 Å². The molecule has 2 N–H and O–H groups in total. The first-order chi connectivity index (χ1) is 11.4. The Bertz CT molecular complexity index is 739. The Balaban J connectivity index is 1.97. The molecule has 4 nitrogen and oxygen atoms in total. The third-order valence-corrected chi connectivity index (χ3v) is 3.92. The summed E-state index contributed by atoms with van der Waals surface area (Å²) >= 11 is 0. The molecule has 128 valence electrons. The predicted octanol–water partition coefficient (Wildman–Crippen LogP) is 4.68. The van der Waals surface area contributed by atoms with Crippen molar-refractivity contribution < 1.29 is 13.2 Å². The molecule has 1 heterocycles. The van der Waals surface area contributed by atoms with Gasteiger partial charge in [-0.05, 0) is 37.3 Å². The van der Waals surface area contributed by atoms with Gasteiger partial charge in [-0.2, -0.15) is 18.2 Å². The third-order valence-electron chi connectivity index (χ3n) is 3.92. The van der Waals surface area contributed by atoms with Crippen molar-refractivity contribution in [2.45, 2.75) is 45.3 Å². The average molecular weight is 336 g/mol. The summed E-state index contributed by atoms with van der Waals surface area (Å²) in [6, 6.07) is 6.91. The van der Waals surface area contributed by atoms with Gasteiger partial charge in [0.25, 0.3) is 0 Å². The van der Waals surface area contributed by atoms with Crippen molar-refractivity contribution in [2.75, 3.05) is 10.6 Å². The molecule has 0 spiro atoms. The smallest absolute Gasteiger partial charge is 0.351 e. The third kappa shape index (κ3) is 3.77. The molecule has 0 unspecified atom stereocenters. The monoisotopic (exact) mass is 336 g/mol. The van der Waals surface area contributed by atoms with Crippen LogP contribution >= 0.6 is 0 Å². The predicted molar refractivity (Wildman–Crippen MR) is 87.5 cm³/mol. The van der Waals surface area contributed by atoms with Crippen molar-refractivity contribution in [3.05, 3.63) is 41.1 Å². The first-order valence-corrected chi connectivity index (χ1v) is 7.95. The van der Waals surface area contributed by atoms with Crippen LogP contribution in [-0.4, -0.2) is 16.0 Å². The molecule has 0 amide bonds. The molecule has 7 heteroatoms. The van der Waals surface area contributed by atoms with Gasteiger partial charge >= 0.3 is 6.18 Å². The maximum Gasteiger partial charge on any atom is 0.433 e. The number of alkyl halides is 3. The molecule has 3 rings (SSSR count). The van der Waals surface area contributed by atoms with Gasteiger partial charge in [0.2, 0.25) is 5.95 Å². The number of para-hydroxylation sites is 1. The van der Waals surface area contributed by atoms with Crippen LogP contribution in [-0.2, 0) is 12.6 Å². The van der Waals surface area contributed by atoms with Crippen molar-refractivity contribution in [1.82, 2.24) is 9.97 Å². The molecule has 0 atom stereocenters. The SMILES string of the molecule is CCc1cccc(C)c1Nc1cc(C(F)(F)F)nc(NC2CC2)n1. The molecule has 2 aromatic rings. The van der Waals surface area contributed by atoms with E-state index in [1.54, 1.807) is 0 Å². The zero-order valence-electron chi connectivity index (χ0n) is 13.5. The normalized spacial score (nSPS) is 14.5. The minimum atomic E-state index is -4.52. The molecule has 0 bridgehead atoms. The first-order valence-electron chi connectivity index (χ1n) is 7.95. The largest absolute Gasteiger partial charge is 0.433 e. The maximum absolute atomic E-state index is 13.1. The molecule has 24 heavy (non-hydrogen) atoms. The van der Waals surface area contributed by atoms with Gasteiger partial charge < -0.3 is 10.6 Å². The fourth-order valence-electron chi connectivity index (χ4n) is 2.46. The number of hydrogen-bond donors (Lipinski definition) is 2. The van der Waals surface area contributed by atoms with Gasteiger partial charge in [-0.3, -0.25) is 0 Å². The van der Waals surface area contributed by atoms with Gasteiger partial charge in [-0.1, -0.05) is 25.1 Å². The van der Waals surface area contributed by atoms with Crippen molar-refractivity contribution >= 4 is 17.5 Å². The van der Waals surface area contributed by atoms with Crippen molar-refractivity contribution in [3.8, 4) is 0 Å². The summed E-state index contributed by atoms with van der Waals surface area (Å²) in [5, 5.41) is 5.98. The van der Waals surface area contributed by atoms with Crippen molar-refractivity contribution in [3.63, 3.8) is 0 Å². The number of hydrogen-bond acceptors (Lipinski definition) is 4. The standard InChI is InChI=1S/C17H19F3N4/c1-3-11-6-4-5-10(2)15(11)23-14-9-13(17(18,19)20)22-16(24-14)21-12-7-8-12/h4-6,9,12H,3,7-8H2,1-2H3,(H2,21,22,23,24). The van der Waals surface area contributed by atoms with Crippen molar-refractivity contribution in [2.24, 2.45) is 0 Å². The van der Waals surface area contributed by atoms with Crippen LogP contribution in [0.2, 0.25) is 0 Å². The zero-order chi connectivity index (χ0) is 17.3. The number of nitrogens with zero attached hydrogens (tertiary/aromatic N) is 2. The number of anilines is 3. The molecule has 1 aliphatic rings. The van der Waals surface area contributed by atoms with Crippen LogP contribution in [0.4, 0.5) is 30.6 Å². The molecular formula is C17H19F3N4. The highest BCUT2D eigenvalue weighted by atomic mass is 19.4. The van der Waals surface area contributed by atoms with Crippen LogP contribution in [0.5, 0.6) is 0 Å². The molecule has 1 fully saturated rings. The van der Waals surface area contributed by atoms with Gasteiger partial charge in [-0.25, -0.2) is 4.98 Å². The molecule has 1 aromatic carbocycles. The molecule has 0 radical (unpaired) electrons. The second kappa shape index (κ2) is 6.30. The van der Waals surface area contributed by atoms with Gasteiger partial charge in [0.1, 0.15) is 5.82 Å². The number of aromatic nitrogens is 2. The van der Waals surface area contributed by atoms with E-state index in [1.807, 2.05) is 32.0 Å². The van der Waals surface area contributed by atoms with Crippen LogP contribution in [0.25, 0.3) is 0 Å². The number of nitrogens with one attached hydrogen (secondary N) is 2. The Morgan fingerprint density at radius 1 is 1.21 bits per heavy atom. The second-order valence-corrected chi connectivity index (χ2v) is 5.97. The summed E-state index contributed by atoms with van der Waals surface area (Å²) in [4.78, 5) is 7.81. The summed E-state index contributed by atoms with van der Waals surface area (Å²) in [6.45, 7) is 3.91. The van der Waals surface area contributed by atoms with E-state index >= 15 is 0 Å². The lowest BCUT2D eigenvalue weighted by Crippen LogP contribution is -2.14. The van der Waals surface area contributed by atoms with Gasteiger partial charge in [0.05, 0.1) is 0 Å². The number of aryl methyl sites for hydroxylation is 2. The highest BCUT2D eigenvalue weighted by Gasteiger charge is 2.34. The number of benzene rings is 1. The lowest BCUT2D eigenvalue weighted by atomic mass is 10.1. The first kappa shape index (κ1) is 16.5. The highest BCUT2D eigenvalue weighted by molar-refractivity contribution is 5.65. The molecular weight excluding hydrogens is 317 g/mol. The Labute approximate surface area is 138 Å². The van der Waals surface area contributed by atoms with E-state index in [1.165, 1.54) is 0 Å². The molecule has 0 saturated heterocycles. The van der Waals surface area contributed by atoms with Gasteiger partial charge in [0.15, 0.2) is 5.69 Å². The van der Waals surface area contributed by atoms with E-state index < -0.39 is 11.9 Å².